The molecule has 3 aromatic rings. The molecule has 190 valence electrons. The molecule has 4 rings (SSSR count). The summed E-state index contributed by atoms with van der Waals surface area (Å²) in [5.74, 6) is 0.0404. The number of nitrogens with zero attached hydrogens (tertiary/aromatic N) is 4. The molecule has 1 aliphatic heterocycles. The Morgan fingerprint density at radius 3 is 2.67 bits per heavy atom. The Bertz CT molecular complexity index is 1320. The van der Waals surface area contributed by atoms with E-state index in [2.05, 4.69) is 28.5 Å². The van der Waals surface area contributed by atoms with Crippen molar-refractivity contribution in [1.29, 1.82) is 0 Å². The molecule has 0 bridgehead atoms. The second-order valence-electron chi connectivity index (χ2n) is 9.37. The van der Waals surface area contributed by atoms with E-state index in [4.69, 9.17) is 21.3 Å². The number of ether oxygens (including phenoxy) is 1. The van der Waals surface area contributed by atoms with Gasteiger partial charge in [0.1, 0.15) is 17.1 Å². The van der Waals surface area contributed by atoms with Crippen molar-refractivity contribution in [2.45, 2.75) is 65.1 Å². The zero-order valence-electron chi connectivity index (χ0n) is 20.5. The van der Waals surface area contributed by atoms with Crippen LogP contribution in [0.2, 0.25) is 5.02 Å². The number of benzene rings is 1. The lowest BCUT2D eigenvalue weighted by atomic mass is 10.0. The molecule has 1 atom stereocenters. The third kappa shape index (κ3) is 5.60. The molecule has 0 aliphatic carbocycles. The summed E-state index contributed by atoms with van der Waals surface area (Å²) in [7, 11) is 0. The van der Waals surface area contributed by atoms with E-state index < -0.39 is 23.7 Å². The summed E-state index contributed by atoms with van der Waals surface area (Å²) in [5, 5.41) is 22.3. The van der Waals surface area contributed by atoms with E-state index in [0.717, 1.165) is 33.1 Å². The van der Waals surface area contributed by atoms with E-state index >= 15 is 0 Å². The maximum atomic E-state index is 12.6. The molecule has 3 heterocycles. The van der Waals surface area contributed by atoms with Gasteiger partial charge in [-0.2, -0.15) is 0 Å². The quantitative estimate of drug-likeness (QED) is 0.427. The minimum atomic E-state index is -0.976. The predicted octanol–water partition coefficient (Wildman–Crippen LogP) is 5.33. The third-order valence-electron chi connectivity index (χ3n) is 5.48. The van der Waals surface area contributed by atoms with Crippen LogP contribution in [0.25, 0.3) is 5.00 Å². The number of amides is 1. The van der Waals surface area contributed by atoms with E-state index in [1.807, 2.05) is 28.8 Å². The van der Waals surface area contributed by atoms with Crippen molar-refractivity contribution in [3.63, 3.8) is 0 Å². The van der Waals surface area contributed by atoms with Crippen LogP contribution in [0.1, 0.15) is 74.2 Å². The molecule has 0 radical (unpaired) electrons. The number of nitrogens with one attached hydrogen (secondary N) is 1. The summed E-state index contributed by atoms with van der Waals surface area (Å²) in [6.07, 6.45) is 0.115. The molecule has 11 heteroatoms. The van der Waals surface area contributed by atoms with Crippen LogP contribution in [0, 0.1) is 0 Å². The highest BCUT2D eigenvalue weighted by Gasteiger charge is 2.31. The molecule has 1 aliphatic rings. The smallest absolute Gasteiger partial charge is 0.408 e. The van der Waals surface area contributed by atoms with Gasteiger partial charge in [-0.15, -0.1) is 21.5 Å². The minimum Gasteiger partial charge on any atom is -0.481 e. The van der Waals surface area contributed by atoms with Crippen molar-refractivity contribution in [2.75, 3.05) is 0 Å². The highest BCUT2D eigenvalue weighted by atomic mass is 35.5. The molecule has 2 aromatic heterocycles. The van der Waals surface area contributed by atoms with Crippen molar-refractivity contribution >= 4 is 40.7 Å². The third-order valence-corrected chi connectivity index (χ3v) is 7.08. The van der Waals surface area contributed by atoms with Gasteiger partial charge in [0.05, 0.1) is 11.8 Å². The van der Waals surface area contributed by atoms with E-state index in [-0.39, 0.29) is 19.4 Å². The Hall–Kier alpha value is -3.24. The van der Waals surface area contributed by atoms with Crippen LogP contribution in [-0.2, 0) is 22.5 Å². The van der Waals surface area contributed by atoms with E-state index in [1.165, 1.54) is 0 Å². The molecule has 9 nitrogen and oxygen atoms in total. The number of alkyl carbamates (subject to hydrolysis) is 1. The number of hydrogen-bond acceptors (Lipinski definition) is 7. The van der Waals surface area contributed by atoms with Gasteiger partial charge in [0.25, 0.3) is 0 Å². The van der Waals surface area contributed by atoms with Gasteiger partial charge >= 0.3 is 12.1 Å². The number of fused-ring (bicyclic) bond motifs is 3. The second-order valence-corrected chi connectivity index (χ2v) is 10.9. The zero-order valence-corrected chi connectivity index (χ0v) is 22.1. The first-order valence-electron chi connectivity index (χ1n) is 11.7. The molecule has 1 aromatic carbocycles. The molecular weight excluding hydrogens is 502 g/mol. The van der Waals surface area contributed by atoms with E-state index in [1.54, 1.807) is 32.1 Å². The number of hydrogen-bond donors (Lipinski definition) is 2. The van der Waals surface area contributed by atoms with Crippen LogP contribution in [0.5, 0.6) is 0 Å². The standard InChI is InChI=1S/C25H28ClN5O4S/c1-5-14-12-16-21(15-8-6-7-9-17(15)26)27-13-19-29-30-22(31(19)23(16)36-14)18(10-11-20(32)33)28-24(34)35-25(2,3)4/h6-9,12,18H,5,10-11,13H2,1-4H3,(H,28,34)(H,32,33)/t18-/m1/s1. The Balaban J connectivity index is 1.81. The number of aryl methyl sites for hydroxylation is 1. The predicted molar refractivity (Wildman–Crippen MR) is 138 cm³/mol. The second kappa shape index (κ2) is 10.4. The summed E-state index contributed by atoms with van der Waals surface area (Å²) >= 11 is 8.12. The maximum Gasteiger partial charge on any atom is 0.408 e. The fourth-order valence-corrected chi connectivity index (χ4v) is 5.27. The Labute approximate surface area is 218 Å². The maximum absolute atomic E-state index is 12.6. The number of aliphatic carboxylic acids is 1. The van der Waals surface area contributed by atoms with E-state index in [0.29, 0.717) is 16.7 Å². The van der Waals surface area contributed by atoms with Crippen LogP contribution in [0.4, 0.5) is 4.79 Å². The highest BCUT2D eigenvalue weighted by molar-refractivity contribution is 7.15. The molecule has 0 fully saturated rings. The van der Waals surface area contributed by atoms with Crippen LogP contribution >= 0.6 is 22.9 Å². The van der Waals surface area contributed by atoms with Crippen molar-refractivity contribution in [2.24, 2.45) is 4.99 Å². The molecule has 0 spiro atoms. The molecule has 0 unspecified atom stereocenters. The number of halogens is 1. The first kappa shape index (κ1) is 25.8. The first-order valence-corrected chi connectivity index (χ1v) is 12.8. The summed E-state index contributed by atoms with van der Waals surface area (Å²) in [5.41, 5.74) is 1.75. The Morgan fingerprint density at radius 1 is 1.25 bits per heavy atom. The number of carbonyl (C=O) groups excluding carboxylic acids is 1. The monoisotopic (exact) mass is 529 g/mol. The number of aromatic nitrogens is 3. The molecule has 2 N–H and O–H groups in total. The number of carbonyl (C=O) groups is 2. The van der Waals surface area contributed by atoms with Crippen LogP contribution in [0.15, 0.2) is 35.3 Å². The molecule has 0 saturated carbocycles. The van der Waals surface area contributed by atoms with Crippen molar-refractivity contribution in [3.8, 4) is 5.00 Å². The molecule has 0 saturated heterocycles. The summed E-state index contributed by atoms with van der Waals surface area (Å²) in [4.78, 5) is 30.0. The normalized spacial score (nSPS) is 13.8. The average molecular weight is 530 g/mol. The fraction of sp³-hybridized carbons (Fsp3) is 0.400. The largest absolute Gasteiger partial charge is 0.481 e. The van der Waals surface area contributed by atoms with E-state index in [9.17, 15) is 14.7 Å². The zero-order chi connectivity index (χ0) is 26.0. The lowest BCUT2D eigenvalue weighted by molar-refractivity contribution is -0.137. The van der Waals surface area contributed by atoms with Gasteiger partial charge in [0, 0.05) is 27.4 Å². The summed E-state index contributed by atoms with van der Waals surface area (Å²) in [6.45, 7) is 7.61. The lowest BCUT2D eigenvalue weighted by Crippen LogP contribution is -2.36. The van der Waals surface area contributed by atoms with Gasteiger partial charge in [-0.05, 0) is 45.7 Å². The number of aliphatic imine (C=N–C) groups is 1. The van der Waals surface area contributed by atoms with Crippen molar-refractivity contribution in [1.82, 2.24) is 20.1 Å². The topological polar surface area (TPSA) is 119 Å². The number of thiophene rings is 1. The van der Waals surface area contributed by atoms with Gasteiger partial charge in [-0.25, -0.2) is 4.79 Å². The van der Waals surface area contributed by atoms with Crippen LogP contribution < -0.4 is 5.32 Å². The molecular formula is C25H28ClN5O4S. The fourth-order valence-electron chi connectivity index (χ4n) is 3.92. The number of carboxylic acids is 1. The molecule has 1 amide bonds. The van der Waals surface area contributed by atoms with Gasteiger partial charge in [-0.1, -0.05) is 36.7 Å². The summed E-state index contributed by atoms with van der Waals surface area (Å²) in [6, 6.07) is 8.90. The summed E-state index contributed by atoms with van der Waals surface area (Å²) < 4.78 is 7.32. The van der Waals surface area contributed by atoms with Crippen molar-refractivity contribution < 1.29 is 19.4 Å². The van der Waals surface area contributed by atoms with Gasteiger partial charge in [0.15, 0.2) is 11.6 Å². The van der Waals surface area contributed by atoms with Crippen LogP contribution in [0.3, 0.4) is 0 Å². The van der Waals surface area contributed by atoms with Gasteiger partial charge < -0.3 is 15.2 Å². The minimum absolute atomic E-state index is 0.117. The van der Waals surface area contributed by atoms with Crippen molar-refractivity contribution in [3.05, 3.63) is 63.0 Å². The first-order chi connectivity index (χ1) is 17.1. The average Bonchev–Trinajstić information content (AvgIpc) is 3.37. The van der Waals surface area contributed by atoms with Crippen LogP contribution in [-0.4, -0.2) is 43.2 Å². The SMILES string of the molecule is CCc1cc2c(s1)-n1c(nnc1[C@@H](CCC(=O)O)NC(=O)OC(C)(C)C)CN=C2c1ccccc1Cl. The Morgan fingerprint density at radius 2 is 2.00 bits per heavy atom. The van der Waals surface area contributed by atoms with Gasteiger partial charge in [0.2, 0.25) is 0 Å². The number of rotatable bonds is 7. The number of carboxylic acid groups (broad SMARTS) is 1. The molecule has 36 heavy (non-hydrogen) atoms. The lowest BCUT2D eigenvalue weighted by Gasteiger charge is -2.23. The van der Waals surface area contributed by atoms with Gasteiger partial charge in [-0.3, -0.25) is 14.4 Å². The highest BCUT2D eigenvalue weighted by Crippen LogP contribution is 2.36. The Kier molecular flexibility index (Phi) is 7.46.